The van der Waals surface area contributed by atoms with E-state index >= 15 is 0 Å². The van der Waals surface area contributed by atoms with Crippen molar-refractivity contribution in [2.75, 3.05) is 45.3 Å². The van der Waals surface area contributed by atoms with Crippen LogP contribution in [0.3, 0.4) is 0 Å². The van der Waals surface area contributed by atoms with Gasteiger partial charge in [-0.1, -0.05) is 24.3 Å². The van der Waals surface area contributed by atoms with Crippen molar-refractivity contribution < 1.29 is 23.0 Å². The number of carbonyl (C=O) groups is 1. The van der Waals surface area contributed by atoms with Crippen LogP contribution < -0.4 is 15.4 Å². The van der Waals surface area contributed by atoms with Gasteiger partial charge in [-0.3, -0.25) is 10.2 Å². The third-order valence-electron chi connectivity index (χ3n) is 6.29. The quantitative estimate of drug-likeness (QED) is 0.464. The third-order valence-corrected chi connectivity index (χ3v) is 6.29. The zero-order valence-corrected chi connectivity index (χ0v) is 20.6. The van der Waals surface area contributed by atoms with E-state index in [1.165, 1.54) is 6.07 Å². The first-order chi connectivity index (χ1) is 17.4. The van der Waals surface area contributed by atoms with E-state index < -0.39 is 17.7 Å². The standard InChI is InChI=1S/C26H31F2N5O3/c1-4-36-25-17(2)24(33(31-25)19-8-6-5-7-9-19)30-26(34)29-23-16-32(12-13-35-3)15-20(23)18-10-11-21(27)22(28)14-18/h5-11,14,20,23H,4,12-13,15-16H2,1-3H3,(H2,29,30,34)/t20-,23?/m0/s1. The Morgan fingerprint density at radius 2 is 1.92 bits per heavy atom. The summed E-state index contributed by atoms with van der Waals surface area (Å²) in [7, 11) is 1.63. The van der Waals surface area contributed by atoms with Gasteiger partial charge in [0.1, 0.15) is 5.82 Å². The van der Waals surface area contributed by atoms with Gasteiger partial charge in [0.2, 0.25) is 5.88 Å². The summed E-state index contributed by atoms with van der Waals surface area (Å²) in [5.41, 5.74) is 2.09. The molecule has 1 aliphatic rings. The van der Waals surface area contributed by atoms with Crippen LogP contribution in [0.5, 0.6) is 5.88 Å². The zero-order chi connectivity index (χ0) is 25.7. The third kappa shape index (κ3) is 5.66. The molecule has 1 aliphatic heterocycles. The van der Waals surface area contributed by atoms with Gasteiger partial charge in [0.25, 0.3) is 0 Å². The van der Waals surface area contributed by atoms with Crippen molar-refractivity contribution in [1.82, 2.24) is 20.0 Å². The molecular weight excluding hydrogens is 468 g/mol. The van der Waals surface area contributed by atoms with Gasteiger partial charge in [-0.25, -0.2) is 18.3 Å². The number of nitrogens with one attached hydrogen (secondary N) is 2. The van der Waals surface area contributed by atoms with Gasteiger partial charge in [-0.2, -0.15) is 0 Å². The summed E-state index contributed by atoms with van der Waals surface area (Å²) in [5, 5.41) is 10.5. The smallest absolute Gasteiger partial charge is 0.320 e. The second kappa shape index (κ2) is 11.5. The Labute approximate surface area is 209 Å². The highest BCUT2D eigenvalue weighted by Gasteiger charge is 2.35. The summed E-state index contributed by atoms with van der Waals surface area (Å²) < 4.78 is 40.0. The minimum absolute atomic E-state index is 0.221. The number of hydrogen-bond acceptors (Lipinski definition) is 5. The molecule has 3 aromatic rings. The predicted octanol–water partition coefficient (Wildman–Crippen LogP) is 4.09. The number of ether oxygens (including phenoxy) is 2. The molecule has 4 rings (SSSR count). The summed E-state index contributed by atoms with van der Waals surface area (Å²) in [4.78, 5) is 15.3. The summed E-state index contributed by atoms with van der Waals surface area (Å²) >= 11 is 0. The van der Waals surface area contributed by atoms with Crippen LogP contribution in [-0.2, 0) is 4.74 Å². The summed E-state index contributed by atoms with van der Waals surface area (Å²) in [6.07, 6.45) is 0. The number of para-hydroxylation sites is 1. The Bertz CT molecular complexity index is 1190. The minimum atomic E-state index is -0.906. The van der Waals surface area contributed by atoms with Crippen LogP contribution in [0.4, 0.5) is 19.4 Å². The Morgan fingerprint density at radius 3 is 2.61 bits per heavy atom. The van der Waals surface area contributed by atoms with Gasteiger partial charge in [-0.15, -0.1) is 5.10 Å². The van der Waals surface area contributed by atoms with E-state index in [9.17, 15) is 13.6 Å². The first-order valence-electron chi connectivity index (χ1n) is 11.9. The van der Waals surface area contributed by atoms with Crippen molar-refractivity contribution in [3.8, 4) is 11.6 Å². The van der Waals surface area contributed by atoms with Crippen molar-refractivity contribution in [2.24, 2.45) is 0 Å². The van der Waals surface area contributed by atoms with Gasteiger partial charge >= 0.3 is 6.03 Å². The van der Waals surface area contributed by atoms with Gasteiger partial charge < -0.3 is 14.8 Å². The fourth-order valence-electron chi connectivity index (χ4n) is 4.48. The first kappa shape index (κ1) is 25.6. The number of hydrogen-bond donors (Lipinski definition) is 2. The van der Waals surface area contributed by atoms with Gasteiger partial charge in [-0.05, 0) is 43.7 Å². The van der Waals surface area contributed by atoms with Gasteiger partial charge in [0.05, 0.1) is 30.5 Å². The molecule has 0 spiro atoms. The van der Waals surface area contributed by atoms with E-state index in [2.05, 4.69) is 20.6 Å². The number of nitrogens with zero attached hydrogens (tertiary/aromatic N) is 3. The van der Waals surface area contributed by atoms with Crippen LogP contribution in [0.15, 0.2) is 48.5 Å². The number of carbonyl (C=O) groups excluding carboxylic acids is 1. The van der Waals surface area contributed by atoms with Crippen LogP contribution in [0.2, 0.25) is 0 Å². The molecule has 2 N–H and O–H groups in total. The molecule has 1 unspecified atom stereocenters. The molecule has 2 amide bonds. The maximum absolute atomic E-state index is 14.0. The SMILES string of the molecule is CCOc1nn(-c2ccccc2)c(NC(=O)NC2CN(CCOC)C[C@H]2c2ccc(F)c(F)c2)c1C. The number of anilines is 1. The van der Waals surface area contributed by atoms with Gasteiger partial charge in [0.15, 0.2) is 11.6 Å². The van der Waals surface area contributed by atoms with Crippen molar-refractivity contribution >= 4 is 11.8 Å². The molecule has 1 saturated heterocycles. The van der Waals surface area contributed by atoms with Crippen LogP contribution in [0.25, 0.3) is 5.69 Å². The molecular formula is C26H31F2N5O3. The number of benzene rings is 2. The number of halogens is 2. The fourth-order valence-corrected chi connectivity index (χ4v) is 4.48. The molecule has 2 atom stereocenters. The lowest BCUT2D eigenvalue weighted by molar-refractivity contribution is 0.159. The normalized spacial score (nSPS) is 17.8. The van der Waals surface area contributed by atoms with E-state index in [1.54, 1.807) is 17.9 Å². The minimum Gasteiger partial charge on any atom is -0.477 e. The number of methoxy groups -OCH3 is 1. The molecule has 2 aromatic carbocycles. The molecule has 36 heavy (non-hydrogen) atoms. The van der Waals surface area contributed by atoms with Crippen molar-refractivity contribution in [3.63, 3.8) is 0 Å². The summed E-state index contributed by atoms with van der Waals surface area (Å²) in [6, 6.07) is 12.6. The second-order valence-electron chi connectivity index (χ2n) is 8.70. The average molecular weight is 500 g/mol. The number of urea groups is 1. The highest BCUT2D eigenvalue weighted by atomic mass is 19.2. The number of aromatic nitrogens is 2. The maximum atomic E-state index is 14.0. The second-order valence-corrected chi connectivity index (χ2v) is 8.70. The predicted molar refractivity (Wildman–Crippen MR) is 133 cm³/mol. The molecule has 0 aliphatic carbocycles. The molecule has 1 aromatic heterocycles. The lowest BCUT2D eigenvalue weighted by Gasteiger charge is -2.21. The number of likely N-dealkylation sites (tertiary alicyclic amines) is 1. The molecule has 192 valence electrons. The highest BCUT2D eigenvalue weighted by molar-refractivity contribution is 5.90. The monoisotopic (exact) mass is 499 g/mol. The molecule has 1 fully saturated rings. The lowest BCUT2D eigenvalue weighted by Crippen LogP contribution is -2.42. The summed E-state index contributed by atoms with van der Waals surface area (Å²) in [6.45, 7) is 6.45. The van der Waals surface area contributed by atoms with Crippen molar-refractivity contribution in [1.29, 1.82) is 0 Å². The average Bonchev–Trinajstić information content (AvgIpc) is 3.41. The zero-order valence-electron chi connectivity index (χ0n) is 20.6. The Hall–Kier alpha value is -3.50. The van der Waals surface area contributed by atoms with Crippen LogP contribution in [-0.4, -0.2) is 66.7 Å². The summed E-state index contributed by atoms with van der Waals surface area (Å²) in [5.74, 6) is -1.10. The molecule has 8 nitrogen and oxygen atoms in total. The highest BCUT2D eigenvalue weighted by Crippen LogP contribution is 2.30. The molecule has 10 heteroatoms. The fraction of sp³-hybridized carbons (Fsp3) is 0.385. The molecule has 2 heterocycles. The van der Waals surface area contributed by atoms with E-state index in [4.69, 9.17) is 9.47 Å². The van der Waals surface area contributed by atoms with Crippen molar-refractivity contribution in [2.45, 2.75) is 25.8 Å². The molecule has 0 bridgehead atoms. The number of amides is 2. The largest absolute Gasteiger partial charge is 0.477 e. The Balaban J connectivity index is 1.56. The molecule has 0 radical (unpaired) electrons. The first-order valence-corrected chi connectivity index (χ1v) is 11.9. The maximum Gasteiger partial charge on any atom is 0.320 e. The van der Waals surface area contributed by atoms with Crippen molar-refractivity contribution in [3.05, 3.63) is 71.3 Å². The van der Waals surface area contributed by atoms with Crippen LogP contribution in [0, 0.1) is 18.6 Å². The van der Waals surface area contributed by atoms with E-state index in [0.29, 0.717) is 55.7 Å². The van der Waals surface area contributed by atoms with E-state index in [0.717, 1.165) is 11.8 Å². The topological polar surface area (TPSA) is 80.6 Å². The van der Waals surface area contributed by atoms with E-state index in [1.807, 2.05) is 44.2 Å². The molecule has 0 saturated carbocycles. The van der Waals surface area contributed by atoms with E-state index in [-0.39, 0.29) is 12.0 Å². The van der Waals surface area contributed by atoms with Crippen LogP contribution in [0.1, 0.15) is 24.0 Å². The van der Waals surface area contributed by atoms with Gasteiger partial charge in [0, 0.05) is 32.7 Å². The number of rotatable bonds is 9. The Kier molecular flexibility index (Phi) is 8.17. The van der Waals surface area contributed by atoms with Crippen LogP contribution >= 0.6 is 0 Å². The lowest BCUT2D eigenvalue weighted by atomic mass is 9.94. The Morgan fingerprint density at radius 1 is 1.14 bits per heavy atom.